The molecule has 2 aromatic heterocycles. The first kappa shape index (κ1) is 16.0. The van der Waals surface area contributed by atoms with E-state index in [1.807, 2.05) is 25.1 Å². The number of nitrogen functional groups attached to an aromatic ring is 1. The molecule has 120 valence electrons. The normalized spacial score (nSPS) is 12.4. The Balaban J connectivity index is 1.88. The van der Waals surface area contributed by atoms with Gasteiger partial charge in [-0.2, -0.15) is 0 Å². The summed E-state index contributed by atoms with van der Waals surface area (Å²) in [5.74, 6) is 1.45. The molecule has 0 spiro atoms. The van der Waals surface area contributed by atoms with E-state index in [0.29, 0.717) is 21.8 Å². The van der Waals surface area contributed by atoms with Crippen LogP contribution in [0.2, 0.25) is 0 Å². The van der Waals surface area contributed by atoms with Crippen molar-refractivity contribution < 1.29 is 5.11 Å². The highest BCUT2D eigenvalue weighted by molar-refractivity contribution is 7.98. The van der Waals surface area contributed by atoms with Crippen molar-refractivity contribution in [1.29, 1.82) is 0 Å². The van der Waals surface area contributed by atoms with Crippen LogP contribution in [0.3, 0.4) is 0 Å². The van der Waals surface area contributed by atoms with Gasteiger partial charge in [0.15, 0.2) is 21.8 Å². The van der Waals surface area contributed by atoms with Gasteiger partial charge >= 0.3 is 0 Å². The zero-order valence-corrected chi connectivity index (χ0v) is 14.2. The first-order valence-corrected chi connectivity index (χ1v) is 8.94. The highest BCUT2D eigenvalue weighted by atomic mass is 32.2. The Bertz CT molecular complexity index is 793. The van der Waals surface area contributed by atoms with E-state index < -0.39 is 0 Å². The lowest BCUT2D eigenvalue weighted by Crippen LogP contribution is -2.20. The number of aliphatic hydroxyl groups excluding tert-OH is 1. The molecule has 4 N–H and O–H groups in total. The van der Waals surface area contributed by atoms with Gasteiger partial charge in [-0.15, -0.1) is 0 Å². The molecule has 0 saturated heterocycles. The fourth-order valence-electron chi connectivity index (χ4n) is 1.98. The third-order valence-corrected chi connectivity index (χ3v) is 4.92. The van der Waals surface area contributed by atoms with Gasteiger partial charge in [0.25, 0.3) is 0 Å². The van der Waals surface area contributed by atoms with Crippen molar-refractivity contribution in [2.24, 2.45) is 0 Å². The lowest BCUT2D eigenvalue weighted by Gasteiger charge is -2.12. The van der Waals surface area contributed by atoms with Crippen LogP contribution in [-0.4, -0.2) is 32.7 Å². The number of aliphatic hydroxyl groups is 1. The largest absolute Gasteiger partial charge is 0.394 e. The monoisotopic (exact) mass is 347 g/mol. The third kappa shape index (κ3) is 3.90. The molecular formula is C15H17N5OS2. The quantitative estimate of drug-likeness (QED) is 0.466. The molecule has 0 amide bonds. The van der Waals surface area contributed by atoms with E-state index in [4.69, 9.17) is 5.73 Å². The Hall–Kier alpha value is -1.90. The summed E-state index contributed by atoms with van der Waals surface area (Å²) in [6.45, 7) is 1.90. The fourth-order valence-corrected chi connectivity index (χ4v) is 3.50. The summed E-state index contributed by atoms with van der Waals surface area (Å²) in [6.07, 6.45) is 0. The number of rotatable bonds is 6. The maximum absolute atomic E-state index is 9.25. The van der Waals surface area contributed by atoms with Crippen LogP contribution >= 0.6 is 23.1 Å². The van der Waals surface area contributed by atoms with Gasteiger partial charge in [0, 0.05) is 11.8 Å². The maximum atomic E-state index is 9.25. The van der Waals surface area contributed by atoms with Crippen molar-refractivity contribution in [2.45, 2.75) is 23.9 Å². The Morgan fingerprint density at radius 1 is 1.26 bits per heavy atom. The van der Waals surface area contributed by atoms with Crippen molar-refractivity contribution in [3.8, 4) is 0 Å². The fraction of sp³-hybridized carbons (Fsp3) is 0.267. The van der Waals surface area contributed by atoms with E-state index in [2.05, 4.69) is 32.4 Å². The SMILES string of the molecule is CC(CO)Nc1nc(SCc2ccccc2)nc2nc(N)sc12. The number of aromatic nitrogens is 3. The molecule has 1 unspecified atom stereocenters. The highest BCUT2D eigenvalue weighted by Gasteiger charge is 2.14. The van der Waals surface area contributed by atoms with Crippen molar-refractivity contribution in [3.63, 3.8) is 0 Å². The predicted octanol–water partition coefficient (Wildman–Crippen LogP) is 2.75. The predicted molar refractivity (Wildman–Crippen MR) is 95.8 cm³/mol. The van der Waals surface area contributed by atoms with Gasteiger partial charge in [0.2, 0.25) is 0 Å². The number of thioether (sulfide) groups is 1. The van der Waals surface area contributed by atoms with Crippen LogP contribution in [0.1, 0.15) is 12.5 Å². The van der Waals surface area contributed by atoms with Crippen LogP contribution in [0.4, 0.5) is 10.9 Å². The third-order valence-electron chi connectivity index (χ3n) is 3.12. The minimum absolute atomic E-state index is 0.0201. The van der Waals surface area contributed by atoms with Gasteiger partial charge in [-0.25, -0.2) is 15.0 Å². The Morgan fingerprint density at radius 3 is 2.78 bits per heavy atom. The second-order valence-electron chi connectivity index (χ2n) is 5.06. The van der Waals surface area contributed by atoms with Crippen LogP contribution in [-0.2, 0) is 5.75 Å². The van der Waals surface area contributed by atoms with Crippen LogP contribution < -0.4 is 11.1 Å². The Kier molecular flexibility index (Phi) is 4.94. The van der Waals surface area contributed by atoms with Crippen molar-refractivity contribution >= 4 is 44.4 Å². The smallest absolute Gasteiger partial charge is 0.191 e. The standard InChI is InChI=1S/C15H17N5OS2/c1-9(7-21)17-12-11-13(18-14(16)23-11)20-15(19-12)22-8-10-5-3-2-4-6-10/h2-6,9,21H,7-8H2,1H3,(H3,16,17,18,19,20). The second kappa shape index (κ2) is 7.12. The summed E-state index contributed by atoms with van der Waals surface area (Å²) < 4.78 is 0.812. The number of nitrogens with zero attached hydrogens (tertiary/aromatic N) is 3. The Morgan fingerprint density at radius 2 is 2.04 bits per heavy atom. The molecular weight excluding hydrogens is 330 g/mol. The molecule has 0 bridgehead atoms. The number of nitrogens with two attached hydrogens (primary N) is 1. The summed E-state index contributed by atoms with van der Waals surface area (Å²) in [4.78, 5) is 13.3. The van der Waals surface area contributed by atoms with Crippen LogP contribution in [0, 0.1) is 0 Å². The van der Waals surface area contributed by atoms with Gasteiger partial charge in [-0.1, -0.05) is 53.4 Å². The lowest BCUT2D eigenvalue weighted by molar-refractivity contribution is 0.281. The van der Waals surface area contributed by atoms with Crippen molar-refractivity contribution in [2.75, 3.05) is 17.7 Å². The first-order valence-electron chi connectivity index (χ1n) is 7.14. The zero-order chi connectivity index (χ0) is 16.2. The Labute approximate surface area is 142 Å². The molecule has 3 aromatic rings. The molecule has 2 heterocycles. The summed E-state index contributed by atoms with van der Waals surface area (Å²) in [5, 5.41) is 13.5. The van der Waals surface area contributed by atoms with E-state index in [0.717, 1.165) is 10.5 Å². The summed E-state index contributed by atoms with van der Waals surface area (Å²) in [5.41, 5.74) is 7.59. The molecule has 1 aromatic carbocycles. The molecule has 1 atom stereocenters. The second-order valence-corrected chi connectivity index (χ2v) is 7.04. The lowest BCUT2D eigenvalue weighted by atomic mass is 10.2. The summed E-state index contributed by atoms with van der Waals surface area (Å²) >= 11 is 2.89. The molecule has 0 aliphatic heterocycles. The molecule has 0 aliphatic carbocycles. The van der Waals surface area contributed by atoms with Crippen molar-refractivity contribution in [1.82, 2.24) is 15.0 Å². The average Bonchev–Trinajstić information content (AvgIpc) is 2.94. The number of thiazole rings is 1. The van der Waals surface area contributed by atoms with Gasteiger partial charge in [-0.05, 0) is 12.5 Å². The van der Waals surface area contributed by atoms with E-state index in [1.165, 1.54) is 16.9 Å². The summed E-state index contributed by atoms with van der Waals surface area (Å²) in [7, 11) is 0. The molecule has 3 rings (SSSR count). The molecule has 8 heteroatoms. The van der Waals surface area contributed by atoms with Crippen LogP contribution in [0.25, 0.3) is 10.3 Å². The minimum atomic E-state index is -0.108. The molecule has 0 fully saturated rings. The topological polar surface area (TPSA) is 97.0 Å². The average molecular weight is 347 g/mol. The molecule has 23 heavy (non-hydrogen) atoms. The first-order chi connectivity index (χ1) is 11.2. The molecule has 6 nitrogen and oxygen atoms in total. The maximum Gasteiger partial charge on any atom is 0.191 e. The van der Waals surface area contributed by atoms with E-state index >= 15 is 0 Å². The van der Waals surface area contributed by atoms with E-state index in [9.17, 15) is 5.11 Å². The summed E-state index contributed by atoms with van der Waals surface area (Å²) in [6, 6.07) is 10.0. The molecule has 0 radical (unpaired) electrons. The number of hydrogen-bond donors (Lipinski definition) is 3. The van der Waals surface area contributed by atoms with Gasteiger partial charge in [0.1, 0.15) is 4.70 Å². The van der Waals surface area contributed by atoms with Crippen LogP contribution in [0.15, 0.2) is 35.5 Å². The van der Waals surface area contributed by atoms with Crippen LogP contribution in [0.5, 0.6) is 0 Å². The number of nitrogens with one attached hydrogen (secondary N) is 1. The van der Waals surface area contributed by atoms with Gasteiger partial charge in [-0.3, -0.25) is 0 Å². The van der Waals surface area contributed by atoms with E-state index in [-0.39, 0.29) is 12.6 Å². The number of hydrogen-bond acceptors (Lipinski definition) is 8. The van der Waals surface area contributed by atoms with Crippen molar-refractivity contribution in [3.05, 3.63) is 35.9 Å². The molecule has 0 saturated carbocycles. The van der Waals surface area contributed by atoms with Gasteiger partial charge < -0.3 is 16.2 Å². The number of anilines is 2. The highest BCUT2D eigenvalue weighted by Crippen LogP contribution is 2.31. The van der Waals surface area contributed by atoms with Gasteiger partial charge in [0.05, 0.1) is 6.61 Å². The number of benzene rings is 1. The zero-order valence-electron chi connectivity index (χ0n) is 12.6. The molecule has 0 aliphatic rings. The van der Waals surface area contributed by atoms with E-state index in [1.54, 1.807) is 11.8 Å². The minimum Gasteiger partial charge on any atom is -0.394 e. The number of fused-ring (bicyclic) bond motifs is 1.